The zero-order chi connectivity index (χ0) is 16.4. The van der Waals surface area contributed by atoms with E-state index < -0.39 is 0 Å². The molecular weight excluding hydrogens is 376 g/mol. The molecule has 0 unspecified atom stereocenters. The van der Waals surface area contributed by atoms with Crippen molar-refractivity contribution in [1.29, 1.82) is 0 Å². The number of carbonyl (C=O) groups excluding carboxylic acids is 1. The summed E-state index contributed by atoms with van der Waals surface area (Å²) in [5, 5.41) is 3.67. The number of carbonyl (C=O) groups is 1. The first-order valence-electron chi connectivity index (χ1n) is 6.72. The van der Waals surface area contributed by atoms with Crippen LogP contribution in [0.5, 0.6) is 0 Å². The first kappa shape index (κ1) is 15.6. The van der Waals surface area contributed by atoms with E-state index in [1.807, 2.05) is 30.3 Å². The lowest BCUT2D eigenvalue weighted by Crippen LogP contribution is -2.05. The van der Waals surface area contributed by atoms with Crippen molar-refractivity contribution in [2.24, 2.45) is 4.99 Å². The van der Waals surface area contributed by atoms with Crippen molar-refractivity contribution in [3.05, 3.63) is 57.4 Å². The second-order valence-corrected chi connectivity index (χ2v) is 6.71. The summed E-state index contributed by atoms with van der Waals surface area (Å²) in [4.78, 5) is 16.6. The van der Waals surface area contributed by atoms with Crippen LogP contribution >= 0.6 is 27.7 Å². The van der Waals surface area contributed by atoms with Crippen molar-refractivity contribution in [1.82, 2.24) is 0 Å². The smallest absolute Gasteiger partial charge is 0.286 e. The molecule has 2 aromatic rings. The maximum Gasteiger partial charge on any atom is 0.286 e. The van der Waals surface area contributed by atoms with E-state index in [1.54, 1.807) is 18.2 Å². The Balaban J connectivity index is 1.78. The predicted molar refractivity (Wildman–Crippen MR) is 101 cm³/mol. The Morgan fingerprint density at radius 1 is 1.13 bits per heavy atom. The molecule has 1 amide bonds. The normalized spacial score (nSPS) is 15.8. The quantitative estimate of drug-likeness (QED) is 0.538. The van der Waals surface area contributed by atoms with Gasteiger partial charge < -0.3 is 16.8 Å². The van der Waals surface area contributed by atoms with Crippen molar-refractivity contribution >= 4 is 61.9 Å². The number of hydrogen-bond acceptors (Lipinski definition) is 5. The highest BCUT2D eigenvalue weighted by Crippen LogP contribution is 2.31. The number of aliphatic imine (C=N–C) groups is 1. The number of anilines is 3. The second kappa shape index (κ2) is 6.47. The molecule has 2 aromatic carbocycles. The van der Waals surface area contributed by atoms with Gasteiger partial charge in [0.05, 0.1) is 22.0 Å². The Morgan fingerprint density at radius 3 is 2.65 bits per heavy atom. The third-order valence-electron chi connectivity index (χ3n) is 3.14. The van der Waals surface area contributed by atoms with E-state index in [1.165, 1.54) is 11.8 Å². The molecule has 116 valence electrons. The summed E-state index contributed by atoms with van der Waals surface area (Å²) in [6.45, 7) is 0. The minimum atomic E-state index is -0.278. The Morgan fingerprint density at radius 2 is 1.91 bits per heavy atom. The van der Waals surface area contributed by atoms with Crippen LogP contribution < -0.4 is 16.8 Å². The lowest BCUT2D eigenvalue weighted by Gasteiger charge is -2.06. The molecule has 5 N–H and O–H groups in total. The highest BCUT2D eigenvalue weighted by atomic mass is 79.9. The van der Waals surface area contributed by atoms with E-state index in [4.69, 9.17) is 11.5 Å². The van der Waals surface area contributed by atoms with Gasteiger partial charge in [-0.25, -0.2) is 0 Å². The molecule has 23 heavy (non-hydrogen) atoms. The van der Waals surface area contributed by atoms with Gasteiger partial charge in [0.15, 0.2) is 5.17 Å². The van der Waals surface area contributed by atoms with E-state index in [9.17, 15) is 4.79 Å². The van der Waals surface area contributed by atoms with Crippen LogP contribution in [0.4, 0.5) is 17.1 Å². The lowest BCUT2D eigenvalue weighted by atomic mass is 10.1. The van der Waals surface area contributed by atoms with Gasteiger partial charge >= 0.3 is 0 Å². The van der Waals surface area contributed by atoms with Gasteiger partial charge in [-0.1, -0.05) is 18.2 Å². The number of nitrogens with one attached hydrogen (secondary N) is 1. The van der Waals surface area contributed by atoms with Crippen molar-refractivity contribution < 1.29 is 4.79 Å². The number of nitrogens with zero attached hydrogens (tertiary/aromatic N) is 1. The van der Waals surface area contributed by atoms with Crippen LogP contribution in [0.2, 0.25) is 0 Å². The first-order chi connectivity index (χ1) is 11.0. The fourth-order valence-electron chi connectivity index (χ4n) is 1.97. The van der Waals surface area contributed by atoms with Crippen LogP contribution in [0.15, 0.2) is 56.8 Å². The molecule has 0 atom stereocenters. The molecule has 3 rings (SSSR count). The number of nitrogen functional groups attached to an aromatic ring is 2. The van der Waals surface area contributed by atoms with Gasteiger partial charge in [0.25, 0.3) is 5.91 Å². The molecule has 1 aliphatic heterocycles. The number of thioether (sulfide) groups is 1. The topological polar surface area (TPSA) is 93.5 Å². The monoisotopic (exact) mass is 388 g/mol. The molecule has 0 bridgehead atoms. The van der Waals surface area contributed by atoms with Crippen molar-refractivity contribution in [2.45, 2.75) is 0 Å². The maximum atomic E-state index is 12.0. The summed E-state index contributed by atoms with van der Waals surface area (Å²) in [5.41, 5.74) is 14.1. The molecule has 7 heteroatoms. The number of benzene rings is 2. The number of amides is 1. The summed E-state index contributed by atoms with van der Waals surface area (Å²) in [6, 6.07) is 12.9. The highest BCUT2D eigenvalue weighted by molar-refractivity contribution is 9.10. The Labute approximate surface area is 146 Å². The average molecular weight is 389 g/mol. The van der Waals surface area contributed by atoms with Crippen LogP contribution in [0.25, 0.3) is 6.08 Å². The standard InChI is InChI=1S/C16H13BrN4OS/c17-10-3-1-2-4-13(10)20-16-21-15(22)14(23-16)8-9-5-6-11(18)12(19)7-9/h1-8H,18-19H2,(H,20,21,22)/b14-8-. The first-order valence-corrected chi connectivity index (χ1v) is 8.33. The third kappa shape index (κ3) is 3.57. The summed E-state index contributed by atoms with van der Waals surface area (Å²) in [7, 11) is 0. The van der Waals surface area contributed by atoms with E-state index in [0.717, 1.165) is 15.7 Å². The Bertz CT molecular complexity index is 848. The van der Waals surface area contributed by atoms with E-state index >= 15 is 0 Å². The molecule has 1 aliphatic rings. The Kier molecular flexibility index (Phi) is 4.40. The molecule has 0 saturated carbocycles. The SMILES string of the molecule is Nc1ccc(/C=C2\SC(Nc3ccccc3Br)=NC2=O)cc1N. The van der Waals surface area contributed by atoms with Gasteiger partial charge in [-0.05, 0) is 63.6 Å². The van der Waals surface area contributed by atoms with Crippen LogP contribution in [-0.4, -0.2) is 11.1 Å². The summed E-state index contributed by atoms with van der Waals surface area (Å²) in [6.07, 6.45) is 1.75. The van der Waals surface area contributed by atoms with E-state index in [2.05, 4.69) is 26.2 Å². The molecule has 0 aliphatic carbocycles. The molecule has 0 spiro atoms. The number of rotatable bonds is 2. The molecular formula is C16H13BrN4OS. The van der Waals surface area contributed by atoms with Gasteiger partial charge in [-0.2, -0.15) is 4.99 Å². The molecule has 0 aromatic heterocycles. The van der Waals surface area contributed by atoms with Crippen LogP contribution in [0.3, 0.4) is 0 Å². The average Bonchev–Trinajstić information content (AvgIpc) is 2.85. The second-order valence-electron chi connectivity index (χ2n) is 4.83. The molecule has 0 saturated heterocycles. The minimum absolute atomic E-state index is 0.278. The van der Waals surface area contributed by atoms with E-state index in [-0.39, 0.29) is 5.91 Å². The Hall–Kier alpha value is -2.25. The van der Waals surface area contributed by atoms with Crippen LogP contribution in [0.1, 0.15) is 5.56 Å². The van der Waals surface area contributed by atoms with Gasteiger partial charge in [0, 0.05) is 4.47 Å². The van der Waals surface area contributed by atoms with Crippen molar-refractivity contribution in [3.63, 3.8) is 0 Å². The van der Waals surface area contributed by atoms with E-state index in [0.29, 0.717) is 21.4 Å². The number of nitrogens with two attached hydrogens (primary N) is 2. The fourth-order valence-corrected chi connectivity index (χ4v) is 3.18. The summed E-state index contributed by atoms with van der Waals surface area (Å²) >= 11 is 4.74. The zero-order valence-corrected chi connectivity index (χ0v) is 14.3. The molecule has 0 radical (unpaired) electrons. The number of amidine groups is 1. The number of halogens is 1. The van der Waals surface area contributed by atoms with Gasteiger partial charge in [-0.15, -0.1) is 0 Å². The zero-order valence-electron chi connectivity index (χ0n) is 11.9. The number of para-hydroxylation sites is 1. The van der Waals surface area contributed by atoms with Gasteiger partial charge in [0.2, 0.25) is 0 Å². The maximum absolute atomic E-state index is 12.0. The molecule has 1 heterocycles. The van der Waals surface area contributed by atoms with Crippen molar-refractivity contribution in [2.75, 3.05) is 16.8 Å². The van der Waals surface area contributed by atoms with Crippen LogP contribution in [0, 0.1) is 0 Å². The summed E-state index contributed by atoms with van der Waals surface area (Å²) in [5.74, 6) is -0.278. The minimum Gasteiger partial charge on any atom is -0.397 e. The van der Waals surface area contributed by atoms with Crippen LogP contribution in [-0.2, 0) is 4.79 Å². The summed E-state index contributed by atoms with van der Waals surface area (Å²) < 4.78 is 0.902. The largest absolute Gasteiger partial charge is 0.397 e. The third-order valence-corrected chi connectivity index (χ3v) is 4.74. The highest BCUT2D eigenvalue weighted by Gasteiger charge is 2.22. The molecule has 5 nitrogen and oxygen atoms in total. The lowest BCUT2D eigenvalue weighted by molar-refractivity contribution is -0.113. The van der Waals surface area contributed by atoms with Gasteiger partial charge in [-0.3, -0.25) is 4.79 Å². The number of hydrogen-bond donors (Lipinski definition) is 3. The van der Waals surface area contributed by atoms with Gasteiger partial charge in [0.1, 0.15) is 0 Å². The predicted octanol–water partition coefficient (Wildman–Crippen LogP) is 3.70. The fraction of sp³-hybridized carbons (Fsp3) is 0. The van der Waals surface area contributed by atoms with Crippen molar-refractivity contribution in [3.8, 4) is 0 Å². The molecule has 0 fully saturated rings.